The van der Waals surface area contributed by atoms with Gasteiger partial charge < -0.3 is 19.3 Å². The Balaban J connectivity index is 1.51. The zero-order valence-electron chi connectivity index (χ0n) is 15.0. The number of piperazine rings is 1. The summed E-state index contributed by atoms with van der Waals surface area (Å²) >= 11 is 0. The molecule has 1 aromatic heterocycles. The predicted molar refractivity (Wildman–Crippen MR) is 93.8 cm³/mol. The first-order valence-electron chi connectivity index (χ1n) is 8.69. The van der Waals surface area contributed by atoms with Gasteiger partial charge in [0.05, 0.1) is 6.61 Å². The molecule has 2 heterocycles. The lowest BCUT2D eigenvalue weighted by molar-refractivity contribution is 0.0564. The molecular weight excluding hydrogens is 355 g/mol. The van der Waals surface area contributed by atoms with Crippen LogP contribution >= 0.6 is 0 Å². The van der Waals surface area contributed by atoms with E-state index in [0.29, 0.717) is 44.2 Å². The second-order valence-electron chi connectivity index (χ2n) is 5.95. The second-order valence-corrected chi connectivity index (χ2v) is 5.95. The first-order chi connectivity index (χ1) is 13.1. The molecule has 0 aliphatic carbocycles. The van der Waals surface area contributed by atoms with Gasteiger partial charge in [0.25, 0.3) is 5.91 Å². The zero-order valence-corrected chi connectivity index (χ0v) is 15.0. The van der Waals surface area contributed by atoms with E-state index in [2.05, 4.69) is 5.10 Å². The van der Waals surface area contributed by atoms with Crippen molar-refractivity contribution in [3.63, 3.8) is 0 Å². The van der Waals surface area contributed by atoms with Crippen LogP contribution in [-0.4, -0.2) is 64.4 Å². The highest BCUT2D eigenvalue weighted by atomic mass is 19.1. The van der Waals surface area contributed by atoms with Crippen molar-refractivity contribution in [3.05, 3.63) is 48.0 Å². The highest BCUT2D eigenvalue weighted by Gasteiger charge is 2.26. The monoisotopic (exact) mass is 376 g/mol. The van der Waals surface area contributed by atoms with Crippen LogP contribution in [0.2, 0.25) is 0 Å². The standard InChI is InChI=1S/C18H21FN4O4/c1-2-26-18(25)22-11-9-21(10-12-22)17(24)16-7-8-23(20-16)13-27-15-5-3-14(19)4-6-15/h3-8H,2,9-13H2,1H3. The Morgan fingerprint density at radius 3 is 2.41 bits per heavy atom. The van der Waals surface area contributed by atoms with Gasteiger partial charge in [-0.25, -0.2) is 13.9 Å². The fourth-order valence-corrected chi connectivity index (χ4v) is 2.69. The number of amides is 2. The number of aromatic nitrogens is 2. The molecule has 9 heteroatoms. The molecule has 0 radical (unpaired) electrons. The Morgan fingerprint density at radius 2 is 1.74 bits per heavy atom. The molecule has 1 fully saturated rings. The Hall–Kier alpha value is -3.10. The van der Waals surface area contributed by atoms with Crippen LogP contribution in [-0.2, 0) is 11.5 Å². The summed E-state index contributed by atoms with van der Waals surface area (Å²) in [5.74, 6) is -0.0220. The van der Waals surface area contributed by atoms with Gasteiger partial charge in [-0.05, 0) is 37.3 Å². The van der Waals surface area contributed by atoms with Crippen LogP contribution in [0.25, 0.3) is 0 Å². The Morgan fingerprint density at radius 1 is 1.07 bits per heavy atom. The molecule has 3 rings (SSSR count). The lowest BCUT2D eigenvalue weighted by atomic mass is 10.3. The van der Waals surface area contributed by atoms with Gasteiger partial charge in [-0.3, -0.25) is 4.79 Å². The number of benzene rings is 1. The van der Waals surface area contributed by atoms with E-state index < -0.39 is 0 Å². The maximum absolute atomic E-state index is 12.9. The van der Waals surface area contributed by atoms with Gasteiger partial charge >= 0.3 is 6.09 Å². The number of nitrogens with zero attached hydrogens (tertiary/aromatic N) is 4. The van der Waals surface area contributed by atoms with Gasteiger partial charge in [-0.15, -0.1) is 0 Å². The number of carbonyl (C=O) groups is 2. The SMILES string of the molecule is CCOC(=O)N1CCN(C(=O)c2ccn(COc3ccc(F)cc3)n2)CC1. The van der Waals surface area contributed by atoms with Crippen molar-refractivity contribution in [2.24, 2.45) is 0 Å². The van der Waals surface area contributed by atoms with Gasteiger partial charge in [0.2, 0.25) is 0 Å². The van der Waals surface area contributed by atoms with Crippen molar-refractivity contribution >= 4 is 12.0 Å². The molecular formula is C18H21FN4O4. The smallest absolute Gasteiger partial charge is 0.409 e. The summed E-state index contributed by atoms with van der Waals surface area (Å²) in [6.07, 6.45) is 1.29. The van der Waals surface area contributed by atoms with Gasteiger partial charge in [-0.1, -0.05) is 0 Å². The molecule has 2 amide bonds. The third-order valence-electron chi connectivity index (χ3n) is 4.13. The highest BCUT2D eigenvalue weighted by molar-refractivity contribution is 5.92. The van der Waals surface area contributed by atoms with Gasteiger partial charge in [0.15, 0.2) is 12.4 Å². The van der Waals surface area contributed by atoms with Gasteiger partial charge in [-0.2, -0.15) is 5.10 Å². The Bertz CT molecular complexity index is 785. The molecule has 0 unspecified atom stereocenters. The summed E-state index contributed by atoms with van der Waals surface area (Å²) in [5, 5.41) is 4.22. The third kappa shape index (κ3) is 4.75. The summed E-state index contributed by atoms with van der Waals surface area (Å²) in [7, 11) is 0. The van der Waals surface area contributed by atoms with Crippen molar-refractivity contribution in [2.45, 2.75) is 13.7 Å². The van der Waals surface area contributed by atoms with E-state index in [1.807, 2.05) is 0 Å². The van der Waals surface area contributed by atoms with E-state index >= 15 is 0 Å². The number of hydrogen-bond acceptors (Lipinski definition) is 5. The first-order valence-corrected chi connectivity index (χ1v) is 8.69. The third-order valence-corrected chi connectivity index (χ3v) is 4.13. The van der Waals surface area contributed by atoms with E-state index in [-0.39, 0.29) is 24.5 Å². The molecule has 0 atom stereocenters. The van der Waals surface area contributed by atoms with E-state index in [1.165, 1.54) is 28.9 Å². The molecule has 1 saturated heterocycles. The number of ether oxygens (including phenoxy) is 2. The minimum absolute atomic E-state index is 0.107. The van der Waals surface area contributed by atoms with Crippen LogP contribution < -0.4 is 4.74 Å². The quantitative estimate of drug-likeness (QED) is 0.797. The lowest BCUT2D eigenvalue weighted by Crippen LogP contribution is -2.50. The summed E-state index contributed by atoms with van der Waals surface area (Å²) in [6, 6.07) is 7.28. The molecule has 1 aromatic carbocycles. The van der Waals surface area contributed by atoms with Gasteiger partial charge in [0.1, 0.15) is 11.6 Å². The minimum Gasteiger partial charge on any atom is -0.471 e. The summed E-state index contributed by atoms with van der Waals surface area (Å²) in [6.45, 7) is 3.91. The van der Waals surface area contributed by atoms with Crippen molar-refractivity contribution in [1.29, 1.82) is 0 Å². The molecule has 1 aliphatic heterocycles. The molecule has 144 valence electrons. The molecule has 0 N–H and O–H groups in total. The van der Waals surface area contributed by atoms with E-state index in [4.69, 9.17) is 9.47 Å². The molecule has 0 spiro atoms. The first kappa shape index (κ1) is 18.7. The number of hydrogen-bond donors (Lipinski definition) is 0. The molecule has 8 nitrogen and oxygen atoms in total. The van der Waals surface area contributed by atoms with E-state index in [0.717, 1.165) is 0 Å². The minimum atomic E-state index is -0.355. The Kier molecular flexibility index (Phi) is 5.90. The lowest BCUT2D eigenvalue weighted by Gasteiger charge is -2.33. The van der Waals surface area contributed by atoms with Crippen LogP contribution in [0.1, 0.15) is 17.4 Å². The highest BCUT2D eigenvalue weighted by Crippen LogP contribution is 2.12. The van der Waals surface area contributed by atoms with E-state index in [9.17, 15) is 14.0 Å². The van der Waals surface area contributed by atoms with Crippen LogP contribution in [0.5, 0.6) is 5.75 Å². The van der Waals surface area contributed by atoms with Crippen molar-refractivity contribution < 1.29 is 23.5 Å². The topological polar surface area (TPSA) is 76.9 Å². The molecule has 1 aliphatic rings. The van der Waals surface area contributed by atoms with Crippen LogP contribution in [0, 0.1) is 5.82 Å². The summed E-state index contributed by atoms with van der Waals surface area (Å²) < 4.78 is 24.8. The molecule has 27 heavy (non-hydrogen) atoms. The Labute approximate surface area is 156 Å². The average molecular weight is 376 g/mol. The molecule has 2 aromatic rings. The van der Waals surface area contributed by atoms with Crippen LogP contribution in [0.15, 0.2) is 36.5 Å². The molecule has 0 saturated carbocycles. The zero-order chi connectivity index (χ0) is 19.2. The molecule has 0 bridgehead atoms. The fourth-order valence-electron chi connectivity index (χ4n) is 2.69. The van der Waals surface area contributed by atoms with E-state index in [1.54, 1.807) is 29.0 Å². The average Bonchev–Trinajstić information content (AvgIpc) is 3.16. The normalized spacial score (nSPS) is 14.1. The summed E-state index contributed by atoms with van der Waals surface area (Å²) in [5.41, 5.74) is 0.308. The van der Waals surface area contributed by atoms with Crippen molar-refractivity contribution in [1.82, 2.24) is 19.6 Å². The number of rotatable bonds is 5. The van der Waals surface area contributed by atoms with Gasteiger partial charge in [0, 0.05) is 32.4 Å². The second kappa shape index (κ2) is 8.52. The van der Waals surface area contributed by atoms with Crippen LogP contribution in [0.3, 0.4) is 0 Å². The number of halogens is 1. The fraction of sp³-hybridized carbons (Fsp3) is 0.389. The maximum Gasteiger partial charge on any atom is 0.409 e. The van der Waals surface area contributed by atoms with Crippen molar-refractivity contribution in [2.75, 3.05) is 32.8 Å². The number of carbonyl (C=O) groups excluding carboxylic acids is 2. The predicted octanol–water partition coefficient (Wildman–Crippen LogP) is 1.97. The van der Waals surface area contributed by atoms with Crippen molar-refractivity contribution in [3.8, 4) is 5.75 Å². The maximum atomic E-state index is 12.9. The summed E-state index contributed by atoms with van der Waals surface area (Å²) in [4.78, 5) is 27.5. The van der Waals surface area contributed by atoms with Crippen LogP contribution in [0.4, 0.5) is 9.18 Å². The largest absolute Gasteiger partial charge is 0.471 e.